The number of nitrogens with one attached hydrogen (secondary N) is 1. The van der Waals surface area contributed by atoms with E-state index in [4.69, 9.17) is 5.73 Å². The summed E-state index contributed by atoms with van der Waals surface area (Å²) >= 11 is 0. The van der Waals surface area contributed by atoms with Crippen LogP contribution in [0, 0.1) is 5.92 Å². The lowest BCUT2D eigenvalue weighted by molar-refractivity contribution is 0.0903. The Kier molecular flexibility index (Phi) is 6.84. The molecule has 158 valence electrons. The molecule has 1 unspecified atom stereocenters. The van der Waals surface area contributed by atoms with Gasteiger partial charge in [0.05, 0.1) is 12.8 Å². The minimum atomic E-state index is -3.34. The second-order valence-electron chi connectivity index (χ2n) is 7.80. The minimum absolute atomic E-state index is 0.0682. The number of nitrogens with zero attached hydrogens (tertiary/aromatic N) is 3. The Morgan fingerprint density at radius 3 is 2.54 bits per heavy atom. The van der Waals surface area contributed by atoms with Crippen molar-refractivity contribution in [1.29, 1.82) is 0 Å². The van der Waals surface area contributed by atoms with E-state index < -0.39 is 27.1 Å². The zero-order valence-electron chi connectivity index (χ0n) is 16.8. The fraction of sp³-hybridized carbons (Fsp3) is 0.706. The van der Waals surface area contributed by atoms with Crippen molar-refractivity contribution in [2.75, 3.05) is 31.6 Å². The Morgan fingerprint density at radius 2 is 1.96 bits per heavy atom. The molecule has 0 radical (unpaired) electrons. The van der Waals surface area contributed by atoms with Gasteiger partial charge in [-0.1, -0.05) is 13.8 Å². The molecule has 0 spiro atoms. The van der Waals surface area contributed by atoms with Crippen molar-refractivity contribution in [1.82, 2.24) is 18.8 Å². The molecule has 3 N–H and O–H groups in total. The number of rotatable bonds is 7. The lowest BCUT2D eigenvalue weighted by Crippen LogP contribution is -2.49. The van der Waals surface area contributed by atoms with Gasteiger partial charge in [-0.25, -0.2) is 17.9 Å². The van der Waals surface area contributed by atoms with Crippen molar-refractivity contribution in [3.8, 4) is 0 Å². The number of carbonyl (C=O) groups is 1. The highest BCUT2D eigenvalue weighted by atomic mass is 32.2. The van der Waals surface area contributed by atoms with Gasteiger partial charge in [0, 0.05) is 26.2 Å². The molecule has 0 amide bonds. The van der Waals surface area contributed by atoms with Crippen LogP contribution in [0.3, 0.4) is 0 Å². The number of anilines is 1. The van der Waals surface area contributed by atoms with E-state index in [2.05, 4.69) is 4.72 Å². The second kappa shape index (κ2) is 8.58. The van der Waals surface area contributed by atoms with Crippen LogP contribution in [0.2, 0.25) is 0 Å². The summed E-state index contributed by atoms with van der Waals surface area (Å²) in [7, 11) is -2.02. The first-order chi connectivity index (χ1) is 12.9. The fourth-order valence-electron chi connectivity index (χ4n) is 3.47. The second-order valence-corrected chi connectivity index (χ2v) is 9.58. The molecule has 1 atom stereocenters. The smallest absolute Gasteiger partial charge is 0.332 e. The average Bonchev–Trinajstić information content (AvgIpc) is 2.55. The Bertz CT molecular complexity index is 963. The maximum Gasteiger partial charge on any atom is 0.332 e. The normalized spacial score (nSPS) is 18.5. The molecule has 0 saturated carbocycles. The van der Waals surface area contributed by atoms with Gasteiger partial charge in [-0.2, -0.15) is 0 Å². The summed E-state index contributed by atoms with van der Waals surface area (Å²) in [6.07, 6.45) is 2.50. The molecule has 28 heavy (non-hydrogen) atoms. The molecule has 1 aliphatic rings. The minimum Gasteiger partial charge on any atom is -0.384 e. The topological polar surface area (TPSA) is 136 Å². The first kappa shape index (κ1) is 22.3. The van der Waals surface area contributed by atoms with Crippen LogP contribution >= 0.6 is 0 Å². The van der Waals surface area contributed by atoms with Gasteiger partial charge < -0.3 is 5.73 Å². The summed E-state index contributed by atoms with van der Waals surface area (Å²) in [5.41, 5.74) is 4.58. The van der Waals surface area contributed by atoms with Crippen molar-refractivity contribution in [3.05, 3.63) is 26.4 Å². The molecule has 10 nitrogen and oxygen atoms in total. The summed E-state index contributed by atoms with van der Waals surface area (Å²) in [6, 6.07) is -0.286. The number of aromatic nitrogens is 2. The Balaban J connectivity index is 2.28. The van der Waals surface area contributed by atoms with Crippen LogP contribution in [0.1, 0.15) is 37.0 Å². The third-order valence-corrected chi connectivity index (χ3v) is 5.42. The molecule has 1 fully saturated rings. The van der Waals surface area contributed by atoms with Crippen LogP contribution in [-0.2, 0) is 23.6 Å². The third kappa shape index (κ3) is 5.30. The average molecular weight is 416 g/mol. The van der Waals surface area contributed by atoms with E-state index in [1.807, 2.05) is 13.8 Å². The van der Waals surface area contributed by atoms with Gasteiger partial charge in [-0.3, -0.25) is 23.6 Å². The van der Waals surface area contributed by atoms with Gasteiger partial charge in [-0.05, 0) is 25.3 Å². The molecule has 1 aromatic rings. The zero-order chi connectivity index (χ0) is 21.2. The van der Waals surface area contributed by atoms with E-state index in [0.29, 0.717) is 26.1 Å². The van der Waals surface area contributed by atoms with Gasteiger partial charge in [0.25, 0.3) is 5.56 Å². The molecule has 0 aliphatic carbocycles. The quantitative estimate of drug-likeness (QED) is 0.544. The number of sulfonamides is 1. The van der Waals surface area contributed by atoms with Crippen LogP contribution in [0.4, 0.5) is 5.82 Å². The Hall–Kier alpha value is -1.98. The van der Waals surface area contributed by atoms with E-state index in [9.17, 15) is 22.8 Å². The van der Waals surface area contributed by atoms with Crippen LogP contribution < -0.4 is 21.7 Å². The number of nitrogens with two attached hydrogens (primary N) is 1. The van der Waals surface area contributed by atoms with Crippen molar-refractivity contribution in [2.45, 2.75) is 39.3 Å². The molecule has 2 rings (SSSR count). The van der Waals surface area contributed by atoms with Crippen LogP contribution in [0.15, 0.2) is 9.59 Å². The van der Waals surface area contributed by atoms with Crippen LogP contribution in [0.25, 0.3) is 0 Å². The summed E-state index contributed by atoms with van der Waals surface area (Å²) in [6.45, 7) is 5.01. The number of carbonyl (C=O) groups excluding carboxylic acids is 1. The van der Waals surface area contributed by atoms with Gasteiger partial charge in [-0.15, -0.1) is 0 Å². The van der Waals surface area contributed by atoms with E-state index in [1.54, 1.807) is 4.90 Å². The van der Waals surface area contributed by atoms with E-state index in [-0.39, 0.29) is 29.9 Å². The van der Waals surface area contributed by atoms with Gasteiger partial charge in [0.15, 0.2) is 5.78 Å². The molecule has 1 aromatic heterocycles. The Morgan fingerprint density at radius 1 is 1.32 bits per heavy atom. The maximum atomic E-state index is 12.9. The summed E-state index contributed by atoms with van der Waals surface area (Å²) in [5.74, 6) is -0.490. The number of ketones is 1. The summed E-state index contributed by atoms with van der Waals surface area (Å²) in [5, 5.41) is 0. The number of likely N-dealkylation sites (tertiary alicyclic amines) is 1. The Labute approximate surface area is 164 Å². The number of piperidine rings is 1. The number of hydrogen-bond donors (Lipinski definition) is 2. The predicted octanol–water partition coefficient (Wildman–Crippen LogP) is -1.02. The third-order valence-electron chi connectivity index (χ3n) is 4.66. The molecule has 1 saturated heterocycles. The van der Waals surface area contributed by atoms with E-state index in [0.717, 1.165) is 17.2 Å². The molecule has 0 bridgehead atoms. The first-order valence-corrected chi connectivity index (χ1v) is 11.1. The highest BCUT2D eigenvalue weighted by Crippen LogP contribution is 2.14. The highest BCUT2D eigenvalue weighted by Gasteiger charge is 2.27. The monoisotopic (exact) mass is 415 g/mol. The molecule has 11 heteroatoms. The zero-order valence-corrected chi connectivity index (χ0v) is 17.6. The maximum absolute atomic E-state index is 12.9. The predicted molar refractivity (Wildman–Crippen MR) is 107 cm³/mol. The molecule has 2 heterocycles. The number of nitrogen functional groups attached to an aromatic ring is 1. The highest BCUT2D eigenvalue weighted by molar-refractivity contribution is 7.88. The number of Topliss-reactive ketones (excluding diaryl/α,β-unsaturated/α-hetero) is 1. The molecular formula is C17H29N5O5S. The fourth-order valence-corrected chi connectivity index (χ4v) is 4.27. The standard InChI is InChI=1S/C17H29N5O5S/c1-11(2)8-22-15(18)14(16(24)20(3)17(22)25)13(23)10-21-7-5-6-12(9-21)19-28(4,26)27/h11-12,19H,5-10,18H2,1-4H3. The number of hydrogen-bond acceptors (Lipinski definition) is 7. The summed E-state index contributed by atoms with van der Waals surface area (Å²) < 4.78 is 27.6. The van der Waals surface area contributed by atoms with E-state index >= 15 is 0 Å². The van der Waals surface area contributed by atoms with Crippen LogP contribution in [-0.4, -0.2) is 60.2 Å². The lowest BCUT2D eigenvalue weighted by Gasteiger charge is -2.32. The van der Waals surface area contributed by atoms with Gasteiger partial charge in [0.1, 0.15) is 11.4 Å². The summed E-state index contributed by atoms with van der Waals surface area (Å²) in [4.78, 5) is 39.5. The van der Waals surface area contributed by atoms with E-state index in [1.165, 1.54) is 11.6 Å². The first-order valence-electron chi connectivity index (χ1n) is 9.22. The SMILES string of the molecule is CC(C)Cn1c(N)c(C(=O)CN2CCCC(NS(C)(=O)=O)C2)c(=O)n(C)c1=O. The van der Waals surface area contributed by atoms with Crippen molar-refractivity contribution >= 4 is 21.6 Å². The lowest BCUT2D eigenvalue weighted by atomic mass is 10.1. The van der Waals surface area contributed by atoms with Crippen molar-refractivity contribution in [2.24, 2.45) is 13.0 Å². The van der Waals surface area contributed by atoms with Gasteiger partial charge in [0.2, 0.25) is 10.0 Å². The molecule has 0 aromatic carbocycles. The molecule has 1 aliphatic heterocycles. The molecular weight excluding hydrogens is 386 g/mol. The van der Waals surface area contributed by atoms with Crippen LogP contribution in [0.5, 0.6) is 0 Å². The van der Waals surface area contributed by atoms with Crippen molar-refractivity contribution in [3.63, 3.8) is 0 Å². The van der Waals surface area contributed by atoms with Gasteiger partial charge >= 0.3 is 5.69 Å². The van der Waals surface area contributed by atoms with Crippen molar-refractivity contribution < 1.29 is 13.2 Å². The largest absolute Gasteiger partial charge is 0.384 e.